The normalized spacial score (nSPS) is 15.1. The molecule has 0 radical (unpaired) electrons. The number of hydrogen-bond acceptors (Lipinski definition) is 5. The van der Waals surface area contributed by atoms with E-state index in [-0.39, 0.29) is 12.0 Å². The van der Waals surface area contributed by atoms with Crippen molar-refractivity contribution in [3.05, 3.63) is 53.0 Å². The van der Waals surface area contributed by atoms with Crippen LogP contribution >= 0.6 is 0 Å². The summed E-state index contributed by atoms with van der Waals surface area (Å²) >= 11 is 0. The summed E-state index contributed by atoms with van der Waals surface area (Å²) in [6, 6.07) is 6.58. The zero-order valence-corrected chi connectivity index (χ0v) is 20.0. The maximum absolute atomic E-state index is 13.2. The first kappa shape index (κ1) is 21.6. The lowest BCUT2D eigenvalue weighted by Crippen LogP contribution is -2.26. The molecular weight excluding hydrogens is 414 g/mol. The smallest absolute Gasteiger partial charge is 0.418 e. The van der Waals surface area contributed by atoms with E-state index in [9.17, 15) is 4.79 Å². The van der Waals surface area contributed by atoms with E-state index in [0.29, 0.717) is 5.92 Å². The Morgan fingerprint density at radius 2 is 1.94 bits per heavy atom. The van der Waals surface area contributed by atoms with Gasteiger partial charge in [-0.15, -0.1) is 0 Å². The molecule has 3 aromatic heterocycles. The van der Waals surface area contributed by atoms with E-state index in [0.717, 1.165) is 70.4 Å². The number of carbonyl (C=O) groups excluding carboxylic acids is 1. The number of nitrogens with one attached hydrogen (secondary N) is 1. The number of fused-ring (bicyclic) bond motifs is 2. The van der Waals surface area contributed by atoms with Crippen LogP contribution in [0.1, 0.15) is 60.8 Å². The Hall–Kier alpha value is -3.19. The summed E-state index contributed by atoms with van der Waals surface area (Å²) in [4.78, 5) is 17.6. The van der Waals surface area contributed by atoms with Crippen molar-refractivity contribution in [2.45, 2.75) is 52.4 Å². The van der Waals surface area contributed by atoms with Crippen molar-refractivity contribution in [1.82, 2.24) is 24.5 Å². The number of pyridine rings is 1. The molecule has 4 heterocycles. The van der Waals surface area contributed by atoms with E-state index in [1.165, 1.54) is 12.7 Å². The topological polar surface area (TPSA) is 73.5 Å². The van der Waals surface area contributed by atoms with Gasteiger partial charge in [-0.2, -0.15) is 5.10 Å². The van der Waals surface area contributed by atoms with Gasteiger partial charge >= 0.3 is 6.09 Å². The highest BCUT2D eigenvalue weighted by molar-refractivity contribution is 6.00. The van der Waals surface area contributed by atoms with Crippen LogP contribution in [0.5, 0.6) is 0 Å². The molecule has 0 spiro atoms. The molecule has 1 aliphatic rings. The number of ether oxygens (including phenoxy) is 1. The van der Waals surface area contributed by atoms with E-state index in [2.05, 4.69) is 61.3 Å². The second kappa shape index (κ2) is 8.30. The number of piperidine rings is 1. The summed E-state index contributed by atoms with van der Waals surface area (Å²) in [7, 11) is 1.44. The van der Waals surface area contributed by atoms with Crippen LogP contribution in [0.4, 0.5) is 4.79 Å². The summed E-state index contributed by atoms with van der Waals surface area (Å²) < 4.78 is 8.80. The molecule has 1 N–H and O–H groups in total. The summed E-state index contributed by atoms with van der Waals surface area (Å²) in [5, 5.41) is 8.96. The minimum atomic E-state index is -0.382. The number of methoxy groups -OCH3 is 1. The van der Waals surface area contributed by atoms with Crippen molar-refractivity contribution < 1.29 is 9.53 Å². The second-order valence-electron chi connectivity index (χ2n) is 9.34. The van der Waals surface area contributed by atoms with Crippen molar-refractivity contribution in [3.63, 3.8) is 0 Å². The van der Waals surface area contributed by atoms with Gasteiger partial charge in [-0.25, -0.2) is 18.9 Å². The van der Waals surface area contributed by atoms with Crippen LogP contribution in [0.15, 0.2) is 30.7 Å². The molecular formula is C26H31N5O2. The molecule has 0 amide bonds. The van der Waals surface area contributed by atoms with Crippen LogP contribution in [-0.2, 0) is 4.74 Å². The highest BCUT2D eigenvalue weighted by atomic mass is 16.5. The molecule has 33 heavy (non-hydrogen) atoms. The monoisotopic (exact) mass is 445 g/mol. The number of rotatable bonds is 3. The van der Waals surface area contributed by atoms with E-state index in [1.807, 2.05) is 6.20 Å². The minimum absolute atomic E-state index is 0.211. The second-order valence-corrected chi connectivity index (χ2v) is 9.34. The zero-order valence-electron chi connectivity index (χ0n) is 20.0. The molecule has 0 unspecified atom stereocenters. The SMILES string of the molecule is COC(=O)n1c(-c2cn3ncnc3c(C)c2C)c(C(C)C)c2cc(C3CCNCC3)ccc21. The Morgan fingerprint density at radius 3 is 2.64 bits per heavy atom. The molecule has 172 valence electrons. The predicted molar refractivity (Wildman–Crippen MR) is 130 cm³/mol. The molecule has 7 nitrogen and oxygen atoms in total. The van der Waals surface area contributed by atoms with Gasteiger partial charge in [0.05, 0.1) is 18.3 Å². The lowest BCUT2D eigenvalue weighted by molar-refractivity contribution is 0.174. The fourth-order valence-corrected chi connectivity index (χ4v) is 5.31. The maximum atomic E-state index is 13.2. The molecule has 1 aromatic carbocycles. The van der Waals surface area contributed by atoms with Gasteiger partial charge in [0.2, 0.25) is 0 Å². The molecule has 4 aromatic rings. The number of benzene rings is 1. The van der Waals surface area contributed by atoms with Gasteiger partial charge in [-0.1, -0.05) is 19.9 Å². The molecule has 0 aliphatic carbocycles. The van der Waals surface area contributed by atoms with E-state index in [1.54, 1.807) is 15.4 Å². The predicted octanol–water partition coefficient (Wildman–Crippen LogP) is 5.17. The van der Waals surface area contributed by atoms with Crippen LogP contribution in [0.3, 0.4) is 0 Å². The largest absolute Gasteiger partial charge is 0.452 e. The van der Waals surface area contributed by atoms with Crippen LogP contribution in [0.25, 0.3) is 27.8 Å². The quantitative estimate of drug-likeness (QED) is 0.471. The number of hydrogen-bond donors (Lipinski definition) is 1. The molecule has 0 atom stereocenters. The van der Waals surface area contributed by atoms with E-state index >= 15 is 0 Å². The molecule has 0 saturated carbocycles. The number of nitrogens with zero attached hydrogens (tertiary/aromatic N) is 4. The lowest BCUT2D eigenvalue weighted by atomic mass is 9.88. The van der Waals surface area contributed by atoms with Crippen LogP contribution in [0.2, 0.25) is 0 Å². The summed E-state index contributed by atoms with van der Waals surface area (Å²) in [6.07, 6.45) is 5.43. The average Bonchev–Trinajstić information content (AvgIpc) is 3.43. The summed E-state index contributed by atoms with van der Waals surface area (Å²) in [5.74, 6) is 0.749. The van der Waals surface area contributed by atoms with Crippen molar-refractivity contribution in [2.24, 2.45) is 0 Å². The van der Waals surface area contributed by atoms with Gasteiger partial charge in [-0.3, -0.25) is 0 Å². The Morgan fingerprint density at radius 1 is 1.18 bits per heavy atom. The van der Waals surface area contributed by atoms with Crippen molar-refractivity contribution in [2.75, 3.05) is 20.2 Å². The lowest BCUT2D eigenvalue weighted by Gasteiger charge is -2.23. The van der Waals surface area contributed by atoms with Crippen LogP contribution in [-0.4, -0.2) is 45.5 Å². The number of aromatic nitrogens is 4. The van der Waals surface area contributed by atoms with E-state index < -0.39 is 0 Å². The van der Waals surface area contributed by atoms with Crippen LogP contribution in [0, 0.1) is 13.8 Å². The molecule has 5 rings (SSSR count). The fraction of sp³-hybridized carbons (Fsp3) is 0.423. The minimum Gasteiger partial charge on any atom is -0.452 e. The van der Waals surface area contributed by atoms with Crippen molar-refractivity contribution >= 4 is 22.6 Å². The maximum Gasteiger partial charge on any atom is 0.418 e. The highest BCUT2D eigenvalue weighted by Crippen LogP contribution is 2.42. The van der Waals surface area contributed by atoms with Gasteiger partial charge in [0.1, 0.15) is 6.33 Å². The summed E-state index contributed by atoms with van der Waals surface area (Å²) in [6.45, 7) is 10.6. The standard InChI is InChI=1S/C26H31N5O2/c1-15(2)23-20-12-19(18-8-10-27-11-9-18)6-7-22(20)31(26(32)33-5)24(23)21-13-30-25(28-14-29-30)17(4)16(21)3/h6-7,12-15,18,27H,8-11H2,1-5H3. The molecule has 1 fully saturated rings. The Bertz CT molecular complexity index is 1360. The average molecular weight is 446 g/mol. The number of aryl methyl sites for hydroxylation is 1. The van der Waals surface area contributed by atoms with Gasteiger partial charge in [0.25, 0.3) is 0 Å². The molecule has 1 aliphatic heterocycles. The number of carbonyl (C=O) groups is 1. The summed E-state index contributed by atoms with van der Waals surface area (Å²) in [5.41, 5.74) is 8.21. The third kappa shape index (κ3) is 3.42. The third-order valence-electron chi connectivity index (χ3n) is 7.16. The Labute approximate surface area is 193 Å². The highest BCUT2D eigenvalue weighted by Gasteiger charge is 2.28. The van der Waals surface area contributed by atoms with Gasteiger partial charge in [0, 0.05) is 17.1 Å². The first-order chi connectivity index (χ1) is 15.9. The fourth-order valence-electron chi connectivity index (χ4n) is 5.31. The first-order valence-electron chi connectivity index (χ1n) is 11.7. The van der Waals surface area contributed by atoms with Crippen molar-refractivity contribution in [3.8, 4) is 11.3 Å². The van der Waals surface area contributed by atoms with Crippen LogP contribution < -0.4 is 5.32 Å². The van der Waals surface area contributed by atoms with Gasteiger partial charge in [0.15, 0.2) is 5.65 Å². The molecule has 7 heteroatoms. The van der Waals surface area contributed by atoms with Gasteiger partial charge in [-0.05, 0) is 86.0 Å². The van der Waals surface area contributed by atoms with Crippen molar-refractivity contribution in [1.29, 1.82) is 0 Å². The zero-order chi connectivity index (χ0) is 23.3. The van der Waals surface area contributed by atoms with Gasteiger partial charge < -0.3 is 10.1 Å². The third-order valence-corrected chi connectivity index (χ3v) is 7.16. The first-order valence-corrected chi connectivity index (χ1v) is 11.7. The Kier molecular flexibility index (Phi) is 5.44. The van der Waals surface area contributed by atoms with E-state index in [4.69, 9.17) is 4.74 Å². The Balaban J connectivity index is 1.85. The molecule has 0 bridgehead atoms. The molecule has 1 saturated heterocycles.